The summed E-state index contributed by atoms with van der Waals surface area (Å²) in [7, 11) is 1.67. The van der Waals surface area contributed by atoms with Gasteiger partial charge in [-0.2, -0.15) is 5.10 Å². The van der Waals surface area contributed by atoms with Gasteiger partial charge in [-0.15, -0.1) is 0 Å². The van der Waals surface area contributed by atoms with E-state index < -0.39 is 4.92 Å². The number of rotatable bonds is 7. The zero-order valence-corrected chi connectivity index (χ0v) is 18.3. The van der Waals surface area contributed by atoms with E-state index >= 15 is 0 Å². The summed E-state index contributed by atoms with van der Waals surface area (Å²) in [5, 5.41) is 15.1. The average molecular weight is 411 g/mol. The number of nitrogens with zero attached hydrogens (tertiary/aromatic N) is 3. The van der Waals surface area contributed by atoms with Gasteiger partial charge in [-0.05, 0) is 56.4 Å². The number of nitro benzene ring substituents is 1. The van der Waals surface area contributed by atoms with Crippen molar-refractivity contribution in [2.45, 2.75) is 52.0 Å². The minimum absolute atomic E-state index is 0.0504. The largest absolute Gasteiger partial charge is 0.496 e. The molecule has 0 aromatic heterocycles. The van der Waals surface area contributed by atoms with Gasteiger partial charge in [0.25, 0.3) is 5.69 Å². The van der Waals surface area contributed by atoms with Crippen LogP contribution in [-0.2, 0) is 0 Å². The number of non-ortho nitro benzene ring substituents is 1. The van der Waals surface area contributed by atoms with Crippen molar-refractivity contribution in [3.8, 4) is 5.75 Å². The van der Waals surface area contributed by atoms with E-state index in [1.54, 1.807) is 25.5 Å². The molecule has 2 aromatic carbocycles. The number of anilines is 2. The molecule has 1 unspecified atom stereocenters. The van der Waals surface area contributed by atoms with E-state index in [2.05, 4.69) is 55.3 Å². The Balaban J connectivity index is 1.88. The predicted octanol–water partition coefficient (Wildman–Crippen LogP) is 5.55. The van der Waals surface area contributed by atoms with E-state index in [4.69, 9.17) is 4.74 Å². The number of hydrogen-bond donors (Lipinski definition) is 1. The number of benzene rings is 2. The first-order valence-electron chi connectivity index (χ1n) is 10.3. The van der Waals surface area contributed by atoms with Crippen molar-refractivity contribution in [2.75, 3.05) is 24.0 Å². The quantitative estimate of drug-likeness (QED) is 0.368. The first-order chi connectivity index (χ1) is 14.3. The number of hydrazone groups is 1. The van der Waals surface area contributed by atoms with Gasteiger partial charge in [0.15, 0.2) is 0 Å². The Labute approximate surface area is 177 Å². The van der Waals surface area contributed by atoms with Crippen molar-refractivity contribution >= 4 is 23.3 Å². The minimum atomic E-state index is -0.421. The lowest BCUT2D eigenvalue weighted by Crippen LogP contribution is -2.48. The first kappa shape index (κ1) is 21.6. The second-order valence-corrected chi connectivity index (χ2v) is 8.40. The van der Waals surface area contributed by atoms with E-state index in [9.17, 15) is 10.1 Å². The van der Waals surface area contributed by atoms with Crippen molar-refractivity contribution in [1.82, 2.24) is 0 Å². The molecule has 7 heteroatoms. The van der Waals surface area contributed by atoms with E-state index in [1.807, 2.05) is 0 Å². The summed E-state index contributed by atoms with van der Waals surface area (Å²) in [6.07, 6.45) is 3.91. The molecule has 0 fully saturated rings. The molecule has 0 saturated carbocycles. The van der Waals surface area contributed by atoms with Gasteiger partial charge in [0, 0.05) is 41.5 Å². The number of ether oxygens (including phenoxy) is 1. The third-order valence-electron chi connectivity index (χ3n) is 5.66. The second-order valence-electron chi connectivity index (χ2n) is 8.40. The van der Waals surface area contributed by atoms with E-state index in [1.165, 1.54) is 23.4 Å². The van der Waals surface area contributed by atoms with E-state index in [-0.39, 0.29) is 11.2 Å². The molecular weight excluding hydrogens is 380 g/mol. The standard InChI is InChI=1S/C23H30N4O3/c1-6-11-26-21-13-22(30-5)17(12-20(21)16(2)14-23(26,3)4)15-24-25-18-7-9-19(10-8-18)27(28)29/h7-10,12-13,15-16,25H,6,11,14H2,1-5H3/b24-15-. The maximum atomic E-state index is 10.8. The lowest BCUT2D eigenvalue weighted by Gasteiger charge is -2.47. The molecule has 7 nitrogen and oxygen atoms in total. The molecule has 30 heavy (non-hydrogen) atoms. The molecule has 0 bridgehead atoms. The fourth-order valence-corrected chi connectivity index (χ4v) is 4.29. The van der Waals surface area contributed by atoms with Crippen LogP contribution in [0.15, 0.2) is 41.5 Å². The smallest absolute Gasteiger partial charge is 0.269 e. The van der Waals surface area contributed by atoms with Crippen LogP contribution in [-0.4, -0.2) is 30.3 Å². The zero-order valence-electron chi connectivity index (χ0n) is 18.3. The van der Waals surface area contributed by atoms with Crippen molar-refractivity contribution < 1.29 is 9.66 Å². The van der Waals surface area contributed by atoms with Crippen LogP contribution in [0.2, 0.25) is 0 Å². The summed E-state index contributed by atoms with van der Waals surface area (Å²) in [5.74, 6) is 1.21. The van der Waals surface area contributed by atoms with Gasteiger partial charge < -0.3 is 9.64 Å². The fraction of sp³-hybridized carbons (Fsp3) is 0.435. The van der Waals surface area contributed by atoms with Crippen LogP contribution < -0.4 is 15.1 Å². The fourth-order valence-electron chi connectivity index (χ4n) is 4.29. The lowest BCUT2D eigenvalue weighted by atomic mass is 9.79. The summed E-state index contributed by atoms with van der Waals surface area (Å²) in [6.45, 7) is 10.1. The Morgan fingerprint density at radius 2 is 2.03 bits per heavy atom. The van der Waals surface area contributed by atoms with Gasteiger partial charge in [-0.3, -0.25) is 15.5 Å². The van der Waals surface area contributed by atoms with Crippen LogP contribution in [0.4, 0.5) is 17.1 Å². The molecule has 1 aliphatic heterocycles. The zero-order chi connectivity index (χ0) is 21.9. The topological polar surface area (TPSA) is 80.0 Å². The Hall–Kier alpha value is -3.09. The molecule has 0 amide bonds. The van der Waals surface area contributed by atoms with Crippen molar-refractivity contribution in [2.24, 2.45) is 5.10 Å². The predicted molar refractivity (Wildman–Crippen MR) is 122 cm³/mol. The molecule has 0 aliphatic carbocycles. The van der Waals surface area contributed by atoms with E-state index in [0.717, 1.165) is 30.7 Å². The van der Waals surface area contributed by atoms with Crippen LogP contribution in [0.1, 0.15) is 57.6 Å². The molecule has 1 aliphatic rings. The molecule has 2 aromatic rings. The van der Waals surface area contributed by atoms with Gasteiger partial charge in [-0.25, -0.2) is 0 Å². The third-order valence-corrected chi connectivity index (χ3v) is 5.66. The number of methoxy groups -OCH3 is 1. The molecule has 1 atom stereocenters. The maximum Gasteiger partial charge on any atom is 0.269 e. The highest BCUT2D eigenvalue weighted by Crippen LogP contribution is 2.45. The van der Waals surface area contributed by atoms with Crippen LogP contribution in [0.5, 0.6) is 5.75 Å². The number of hydrogen-bond acceptors (Lipinski definition) is 6. The molecule has 0 spiro atoms. The number of nitrogens with one attached hydrogen (secondary N) is 1. The van der Waals surface area contributed by atoms with E-state index in [0.29, 0.717) is 11.6 Å². The van der Waals surface area contributed by atoms with Crippen LogP contribution in [0.25, 0.3) is 0 Å². The second kappa shape index (κ2) is 8.73. The summed E-state index contributed by atoms with van der Waals surface area (Å²) in [6, 6.07) is 10.4. The highest BCUT2D eigenvalue weighted by Gasteiger charge is 2.36. The van der Waals surface area contributed by atoms with Gasteiger partial charge in [0.1, 0.15) is 5.75 Å². The molecule has 3 rings (SSSR count). The highest BCUT2D eigenvalue weighted by atomic mass is 16.6. The van der Waals surface area contributed by atoms with Gasteiger partial charge >= 0.3 is 0 Å². The molecule has 1 N–H and O–H groups in total. The van der Waals surface area contributed by atoms with Crippen molar-refractivity contribution in [3.05, 3.63) is 57.6 Å². The van der Waals surface area contributed by atoms with Gasteiger partial charge in [-0.1, -0.05) is 13.8 Å². The summed E-state index contributed by atoms with van der Waals surface area (Å²) in [5.41, 5.74) is 7.19. The first-order valence-corrected chi connectivity index (χ1v) is 10.3. The van der Waals surface area contributed by atoms with Gasteiger partial charge in [0.05, 0.1) is 23.9 Å². The molecule has 0 saturated heterocycles. The Kier molecular flexibility index (Phi) is 6.29. The van der Waals surface area contributed by atoms with Crippen LogP contribution in [0.3, 0.4) is 0 Å². The molecule has 0 radical (unpaired) electrons. The SMILES string of the molecule is CCCN1c2cc(OC)c(/C=N\Nc3ccc([N+](=O)[O-])cc3)cc2C(C)CC1(C)C. The van der Waals surface area contributed by atoms with Crippen molar-refractivity contribution in [1.29, 1.82) is 0 Å². The van der Waals surface area contributed by atoms with Crippen LogP contribution >= 0.6 is 0 Å². The normalized spacial score (nSPS) is 17.6. The summed E-state index contributed by atoms with van der Waals surface area (Å²) in [4.78, 5) is 12.8. The summed E-state index contributed by atoms with van der Waals surface area (Å²) >= 11 is 0. The molecule has 1 heterocycles. The monoisotopic (exact) mass is 410 g/mol. The summed E-state index contributed by atoms with van der Waals surface area (Å²) < 4.78 is 5.67. The van der Waals surface area contributed by atoms with Crippen molar-refractivity contribution in [3.63, 3.8) is 0 Å². The lowest BCUT2D eigenvalue weighted by molar-refractivity contribution is -0.384. The molecular formula is C23H30N4O3. The number of fused-ring (bicyclic) bond motifs is 1. The van der Waals surface area contributed by atoms with Gasteiger partial charge in [0.2, 0.25) is 0 Å². The third kappa shape index (κ3) is 4.40. The Morgan fingerprint density at radius 1 is 1.33 bits per heavy atom. The average Bonchev–Trinajstić information content (AvgIpc) is 2.71. The Morgan fingerprint density at radius 3 is 2.63 bits per heavy atom. The number of nitro groups is 1. The highest BCUT2D eigenvalue weighted by molar-refractivity contribution is 5.86. The minimum Gasteiger partial charge on any atom is -0.496 e. The maximum absolute atomic E-state index is 10.8. The Bertz CT molecular complexity index is 938. The van der Waals surface area contributed by atoms with Crippen LogP contribution in [0, 0.1) is 10.1 Å². The molecule has 160 valence electrons.